The van der Waals surface area contributed by atoms with Gasteiger partial charge in [0.1, 0.15) is 0 Å². The van der Waals surface area contributed by atoms with Crippen molar-refractivity contribution in [1.29, 1.82) is 0 Å². The number of esters is 1. The molecule has 0 spiro atoms. The number of non-ortho nitro benzene ring substituents is 2. The van der Waals surface area contributed by atoms with Crippen LogP contribution in [0.5, 0.6) is 0 Å². The summed E-state index contributed by atoms with van der Waals surface area (Å²) < 4.78 is 5.13. The Morgan fingerprint density at radius 2 is 1.58 bits per heavy atom. The van der Waals surface area contributed by atoms with E-state index >= 15 is 0 Å². The van der Waals surface area contributed by atoms with Crippen molar-refractivity contribution in [2.24, 2.45) is 0 Å². The lowest BCUT2D eigenvalue weighted by Crippen LogP contribution is -2.13. The van der Waals surface area contributed by atoms with Gasteiger partial charge < -0.3 is 4.74 Å². The maximum atomic E-state index is 12.6. The Hall–Kier alpha value is -3.62. The molecule has 0 bridgehead atoms. The number of carbonyl (C=O) groups excluding carboxylic acids is 2. The van der Waals surface area contributed by atoms with Crippen molar-refractivity contribution < 1.29 is 24.2 Å². The van der Waals surface area contributed by atoms with E-state index in [4.69, 9.17) is 4.74 Å². The smallest absolute Gasteiger partial charge is 0.339 e. The van der Waals surface area contributed by atoms with Crippen molar-refractivity contribution in [1.82, 2.24) is 0 Å². The molecule has 1 aliphatic rings. The number of nitro groups is 2. The number of nitrogens with zero attached hydrogens (tertiary/aromatic N) is 2. The first kappa shape index (κ1) is 17.2. The molecule has 1 aliphatic carbocycles. The predicted octanol–water partition coefficient (Wildman–Crippen LogP) is 3.28. The minimum atomic E-state index is -0.807. The van der Waals surface area contributed by atoms with Gasteiger partial charge in [-0.2, -0.15) is 0 Å². The highest BCUT2D eigenvalue weighted by Crippen LogP contribution is 2.42. The van der Waals surface area contributed by atoms with Crippen molar-refractivity contribution in [3.05, 3.63) is 67.3 Å². The number of ether oxygens (including phenoxy) is 1. The molecule has 0 atom stereocenters. The monoisotopic (exact) mass is 356 g/mol. The van der Waals surface area contributed by atoms with Crippen LogP contribution in [0.1, 0.15) is 40.1 Å². The molecule has 2 aromatic rings. The number of ketones is 1. The fraction of sp³-hybridized carbons (Fsp3) is 0.176. The molecule has 0 heterocycles. The van der Waals surface area contributed by atoms with E-state index < -0.39 is 33.4 Å². The first-order valence-electron chi connectivity index (χ1n) is 7.57. The molecule has 0 amide bonds. The van der Waals surface area contributed by atoms with Crippen LogP contribution in [0, 0.1) is 20.2 Å². The van der Waals surface area contributed by atoms with E-state index in [9.17, 15) is 29.8 Å². The lowest BCUT2D eigenvalue weighted by atomic mass is 9.98. The molecule has 9 nitrogen and oxygen atoms in total. The number of fused-ring (bicyclic) bond motifs is 3. The summed E-state index contributed by atoms with van der Waals surface area (Å²) in [6.45, 7) is 3.25. The normalized spacial score (nSPS) is 11.9. The molecule has 0 saturated heterocycles. The third kappa shape index (κ3) is 2.69. The van der Waals surface area contributed by atoms with Gasteiger partial charge in [0.2, 0.25) is 0 Å². The molecular formula is C17H12N2O7. The Bertz CT molecular complexity index is 995. The van der Waals surface area contributed by atoms with Crippen molar-refractivity contribution in [2.45, 2.75) is 20.0 Å². The maximum absolute atomic E-state index is 12.6. The highest BCUT2D eigenvalue weighted by atomic mass is 16.6. The van der Waals surface area contributed by atoms with Crippen LogP contribution < -0.4 is 0 Å². The summed E-state index contributed by atoms with van der Waals surface area (Å²) in [5.41, 5.74) is -0.374. The summed E-state index contributed by atoms with van der Waals surface area (Å²) in [5.74, 6) is -1.42. The van der Waals surface area contributed by atoms with Gasteiger partial charge in [0.05, 0.1) is 21.5 Å². The van der Waals surface area contributed by atoms with Crippen molar-refractivity contribution in [2.75, 3.05) is 0 Å². The predicted molar refractivity (Wildman–Crippen MR) is 89.2 cm³/mol. The molecule has 2 aromatic carbocycles. The Labute approximate surface area is 146 Å². The van der Waals surface area contributed by atoms with Crippen LogP contribution in [-0.2, 0) is 4.74 Å². The van der Waals surface area contributed by atoms with Gasteiger partial charge in [0.15, 0.2) is 5.78 Å². The second-order valence-corrected chi connectivity index (χ2v) is 5.94. The Balaban J connectivity index is 2.28. The number of carbonyl (C=O) groups is 2. The fourth-order valence-corrected chi connectivity index (χ4v) is 2.84. The number of hydrogen-bond donors (Lipinski definition) is 0. The number of benzene rings is 2. The molecule has 26 heavy (non-hydrogen) atoms. The molecule has 0 unspecified atom stereocenters. The average Bonchev–Trinajstić information content (AvgIpc) is 2.85. The molecule has 132 valence electrons. The molecule has 0 aliphatic heterocycles. The summed E-state index contributed by atoms with van der Waals surface area (Å²) in [5, 5.41) is 22.1. The third-order valence-electron chi connectivity index (χ3n) is 3.87. The molecule has 0 N–H and O–H groups in total. The van der Waals surface area contributed by atoms with Crippen LogP contribution in [0.15, 0.2) is 30.3 Å². The Kier molecular flexibility index (Phi) is 3.99. The maximum Gasteiger partial charge on any atom is 0.339 e. The molecule has 0 radical (unpaired) electrons. The zero-order chi connectivity index (χ0) is 19.2. The second-order valence-electron chi connectivity index (χ2n) is 5.94. The van der Waals surface area contributed by atoms with Gasteiger partial charge in [-0.1, -0.05) is 0 Å². The Morgan fingerprint density at radius 1 is 0.962 bits per heavy atom. The van der Waals surface area contributed by atoms with Crippen LogP contribution in [0.2, 0.25) is 0 Å². The zero-order valence-corrected chi connectivity index (χ0v) is 13.7. The Morgan fingerprint density at radius 3 is 2.15 bits per heavy atom. The standard InChI is InChI=1S/C17H12N2O7/c1-8(2)26-17(21)14-7-10(19(24)25)6-13-15(14)11-4-3-9(18(22)23)5-12(11)16(13)20/h3-8H,1-2H3. The lowest BCUT2D eigenvalue weighted by molar-refractivity contribution is -0.385. The van der Waals surface area contributed by atoms with E-state index in [0.717, 1.165) is 18.2 Å². The van der Waals surface area contributed by atoms with Crippen LogP contribution in [0.4, 0.5) is 11.4 Å². The van der Waals surface area contributed by atoms with Crippen LogP contribution in [0.3, 0.4) is 0 Å². The molecule has 3 rings (SSSR count). The summed E-state index contributed by atoms with van der Waals surface area (Å²) in [6, 6.07) is 5.78. The number of hydrogen-bond acceptors (Lipinski definition) is 7. The summed E-state index contributed by atoms with van der Waals surface area (Å²) in [4.78, 5) is 45.8. The van der Waals surface area contributed by atoms with E-state index in [0.29, 0.717) is 5.56 Å². The van der Waals surface area contributed by atoms with Gasteiger partial charge >= 0.3 is 5.97 Å². The van der Waals surface area contributed by atoms with Crippen LogP contribution in [-0.4, -0.2) is 27.7 Å². The van der Waals surface area contributed by atoms with Crippen LogP contribution >= 0.6 is 0 Å². The highest BCUT2D eigenvalue weighted by Gasteiger charge is 2.35. The second kappa shape index (κ2) is 6.03. The molecular weight excluding hydrogens is 344 g/mol. The van der Waals surface area contributed by atoms with Gasteiger partial charge in [-0.25, -0.2) is 4.79 Å². The summed E-state index contributed by atoms with van der Waals surface area (Å²) >= 11 is 0. The fourth-order valence-electron chi connectivity index (χ4n) is 2.84. The van der Waals surface area contributed by atoms with E-state index in [-0.39, 0.29) is 27.9 Å². The first-order chi connectivity index (χ1) is 12.2. The quantitative estimate of drug-likeness (QED) is 0.398. The van der Waals surface area contributed by atoms with Gasteiger partial charge in [0.25, 0.3) is 11.4 Å². The lowest BCUT2D eigenvalue weighted by Gasteiger charge is -2.11. The van der Waals surface area contributed by atoms with Crippen molar-refractivity contribution >= 4 is 23.1 Å². The highest BCUT2D eigenvalue weighted by molar-refractivity contribution is 6.24. The first-order valence-corrected chi connectivity index (χ1v) is 7.57. The van der Waals surface area contributed by atoms with Crippen LogP contribution in [0.25, 0.3) is 11.1 Å². The summed E-state index contributed by atoms with van der Waals surface area (Å²) in [7, 11) is 0. The molecule has 0 fully saturated rings. The SMILES string of the molecule is CC(C)OC(=O)c1cc([N+](=O)[O-])cc2c1-c1ccc([N+](=O)[O-])cc1C2=O. The summed E-state index contributed by atoms with van der Waals surface area (Å²) in [6.07, 6.45) is -0.467. The van der Waals surface area contributed by atoms with Gasteiger partial charge in [0, 0.05) is 41.0 Å². The number of rotatable bonds is 4. The van der Waals surface area contributed by atoms with Gasteiger partial charge in [-0.3, -0.25) is 25.0 Å². The van der Waals surface area contributed by atoms with E-state index in [2.05, 4.69) is 0 Å². The molecule has 9 heteroatoms. The van der Waals surface area contributed by atoms with Gasteiger partial charge in [-0.05, 0) is 25.5 Å². The zero-order valence-electron chi connectivity index (χ0n) is 13.7. The van der Waals surface area contributed by atoms with E-state index in [1.165, 1.54) is 12.1 Å². The topological polar surface area (TPSA) is 130 Å². The average molecular weight is 356 g/mol. The molecule has 0 saturated carbocycles. The number of nitro benzene ring substituents is 2. The minimum absolute atomic E-state index is 0.0216. The van der Waals surface area contributed by atoms with E-state index in [1.54, 1.807) is 13.8 Å². The minimum Gasteiger partial charge on any atom is -0.459 e. The third-order valence-corrected chi connectivity index (χ3v) is 3.87. The van der Waals surface area contributed by atoms with Gasteiger partial charge in [-0.15, -0.1) is 0 Å². The van der Waals surface area contributed by atoms with Crippen molar-refractivity contribution in [3.8, 4) is 11.1 Å². The van der Waals surface area contributed by atoms with Crippen molar-refractivity contribution in [3.63, 3.8) is 0 Å². The largest absolute Gasteiger partial charge is 0.459 e. The van der Waals surface area contributed by atoms with E-state index in [1.807, 2.05) is 0 Å². The molecule has 0 aromatic heterocycles.